The number of carbonyl (C=O) groups excluding carboxylic acids is 2. The van der Waals surface area contributed by atoms with Crippen LogP contribution in [0.15, 0.2) is 16.9 Å². The molecule has 2 atom stereocenters. The van der Waals surface area contributed by atoms with Crippen molar-refractivity contribution < 1.29 is 32.6 Å². The van der Waals surface area contributed by atoms with Crippen LogP contribution in [0.25, 0.3) is 0 Å². The van der Waals surface area contributed by atoms with E-state index in [1.807, 2.05) is 0 Å². The van der Waals surface area contributed by atoms with Crippen LogP contribution in [0, 0.1) is 17.5 Å². The van der Waals surface area contributed by atoms with E-state index in [1.165, 1.54) is 7.11 Å². The molecule has 0 aliphatic carbocycles. The molecule has 34 heavy (non-hydrogen) atoms. The fourth-order valence-electron chi connectivity index (χ4n) is 5.56. The number of rotatable bonds is 4. The third-order valence-corrected chi connectivity index (χ3v) is 7.07. The summed E-state index contributed by atoms with van der Waals surface area (Å²) in [4.78, 5) is 41.0. The van der Waals surface area contributed by atoms with Gasteiger partial charge in [0.05, 0.1) is 11.2 Å². The van der Waals surface area contributed by atoms with Crippen molar-refractivity contribution in [3.63, 3.8) is 0 Å². The molecule has 4 heterocycles. The van der Waals surface area contributed by atoms with Crippen LogP contribution in [0.1, 0.15) is 63.9 Å². The molecular formula is C23H22F3N3O5. The molecule has 1 aromatic heterocycles. The summed E-state index contributed by atoms with van der Waals surface area (Å²) in [6.45, 7) is 0.201. The van der Waals surface area contributed by atoms with Gasteiger partial charge in [0.2, 0.25) is 5.43 Å². The number of nitrogens with one attached hydrogen (secondary N) is 1. The van der Waals surface area contributed by atoms with E-state index in [4.69, 9.17) is 4.74 Å². The Morgan fingerprint density at radius 1 is 1.24 bits per heavy atom. The highest BCUT2D eigenvalue weighted by atomic mass is 19.1. The van der Waals surface area contributed by atoms with Crippen LogP contribution in [0.4, 0.5) is 13.2 Å². The van der Waals surface area contributed by atoms with Crippen LogP contribution in [0.5, 0.6) is 5.75 Å². The number of aromatic hydroxyl groups is 1. The number of nitrogens with zero attached hydrogens (tertiary/aromatic N) is 2. The third kappa shape index (κ3) is 3.13. The van der Waals surface area contributed by atoms with Crippen molar-refractivity contribution in [2.75, 3.05) is 20.2 Å². The molecule has 180 valence electrons. The van der Waals surface area contributed by atoms with E-state index in [9.17, 15) is 32.7 Å². The summed E-state index contributed by atoms with van der Waals surface area (Å²) < 4.78 is 48.4. The van der Waals surface area contributed by atoms with Crippen molar-refractivity contribution in [1.29, 1.82) is 0 Å². The van der Waals surface area contributed by atoms with Gasteiger partial charge in [0.1, 0.15) is 29.1 Å². The molecule has 0 saturated carbocycles. The normalized spacial score (nSPS) is 23.0. The smallest absolute Gasteiger partial charge is 0.274 e. The quantitative estimate of drug-likeness (QED) is 0.704. The average Bonchev–Trinajstić information content (AvgIpc) is 2.96. The summed E-state index contributed by atoms with van der Waals surface area (Å²) in [5.41, 5.74) is -2.74. The fourth-order valence-corrected chi connectivity index (χ4v) is 5.56. The van der Waals surface area contributed by atoms with Crippen LogP contribution in [0.2, 0.25) is 0 Å². The lowest BCUT2D eigenvalue weighted by atomic mass is 9.88. The van der Waals surface area contributed by atoms with Gasteiger partial charge >= 0.3 is 0 Å². The predicted octanol–water partition coefficient (Wildman–Crippen LogP) is 2.33. The molecule has 3 aliphatic heterocycles. The molecule has 2 aromatic rings. The number of benzene rings is 1. The van der Waals surface area contributed by atoms with Crippen molar-refractivity contribution >= 4 is 11.8 Å². The molecule has 2 N–H and O–H groups in total. The number of halogens is 3. The van der Waals surface area contributed by atoms with Crippen molar-refractivity contribution in [2.24, 2.45) is 0 Å². The first kappa shape index (κ1) is 22.5. The van der Waals surface area contributed by atoms with Crippen LogP contribution < -0.4 is 10.7 Å². The second kappa shape index (κ2) is 7.86. The van der Waals surface area contributed by atoms with E-state index in [0.29, 0.717) is 38.1 Å². The standard InChI is InChI=1S/C23H22F3N3O5/c1-34-15-8-23-4-2-3-5-28(10-23)22(33)18-20(31)19(30)16(17(15)29(18)23)21(32)27-9-12-13(25)6-11(24)7-14(12)26/h6-7,15,31H,2-5,8-10H2,1H3,(H,27,32)/t15-,23+/m0/s1. The van der Waals surface area contributed by atoms with Gasteiger partial charge in [-0.2, -0.15) is 0 Å². The molecule has 1 spiro atoms. The SMILES string of the molecule is CO[C@H]1C[C@]23CCCCN(C2)C(=O)c2c(O)c(=O)c(C(=O)NCc4c(F)cc(F)cc4F)c1n23. The minimum absolute atomic E-state index is 0.160. The monoisotopic (exact) mass is 477 g/mol. The highest BCUT2D eigenvalue weighted by molar-refractivity contribution is 6.00. The lowest BCUT2D eigenvalue weighted by Crippen LogP contribution is -2.52. The highest BCUT2D eigenvalue weighted by Gasteiger charge is 2.54. The molecule has 0 unspecified atom stereocenters. The average molecular weight is 477 g/mol. The Balaban J connectivity index is 1.63. The lowest BCUT2D eigenvalue weighted by molar-refractivity contribution is 0.0497. The first-order valence-electron chi connectivity index (χ1n) is 10.9. The number of fused-ring (bicyclic) bond motifs is 1. The molecule has 1 fully saturated rings. The summed E-state index contributed by atoms with van der Waals surface area (Å²) in [7, 11) is 1.42. The van der Waals surface area contributed by atoms with Gasteiger partial charge in [-0.15, -0.1) is 0 Å². The first-order chi connectivity index (χ1) is 16.2. The van der Waals surface area contributed by atoms with Gasteiger partial charge in [0, 0.05) is 50.9 Å². The lowest BCUT2D eigenvalue weighted by Gasteiger charge is -2.41. The number of ether oxygens (including phenoxy) is 1. The minimum Gasteiger partial charge on any atom is -0.503 e. The highest BCUT2D eigenvalue weighted by Crippen LogP contribution is 2.50. The van der Waals surface area contributed by atoms with E-state index in [-0.39, 0.29) is 11.4 Å². The Morgan fingerprint density at radius 2 is 1.94 bits per heavy atom. The number of pyridine rings is 1. The number of methoxy groups -OCH3 is 1. The Morgan fingerprint density at radius 3 is 2.62 bits per heavy atom. The first-order valence-corrected chi connectivity index (χ1v) is 10.9. The molecule has 1 saturated heterocycles. The Hall–Kier alpha value is -3.34. The molecule has 3 aliphatic rings. The maximum atomic E-state index is 14.0. The largest absolute Gasteiger partial charge is 0.503 e. The van der Waals surface area contributed by atoms with Gasteiger partial charge in [-0.1, -0.05) is 0 Å². The van der Waals surface area contributed by atoms with E-state index in [1.54, 1.807) is 9.47 Å². The van der Waals surface area contributed by atoms with E-state index in [0.717, 1.165) is 12.8 Å². The number of hydrogen-bond acceptors (Lipinski definition) is 5. The second-order valence-corrected chi connectivity index (χ2v) is 8.99. The number of carbonyl (C=O) groups is 2. The summed E-state index contributed by atoms with van der Waals surface area (Å²) in [5.74, 6) is -5.81. The fraction of sp³-hybridized carbons (Fsp3) is 0.435. The van der Waals surface area contributed by atoms with Gasteiger partial charge in [-0.3, -0.25) is 14.4 Å². The van der Waals surface area contributed by atoms with Gasteiger partial charge in [-0.25, -0.2) is 13.2 Å². The zero-order chi connectivity index (χ0) is 24.4. The molecule has 2 amide bonds. The van der Waals surface area contributed by atoms with Crippen LogP contribution in [-0.4, -0.2) is 46.6 Å². The summed E-state index contributed by atoms with van der Waals surface area (Å²) in [6.07, 6.45) is 1.91. The van der Waals surface area contributed by atoms with Gasteiger partial charge in [0.25, 0.3) is 11.8 Å². The van der Waals surface area contributed by atoms with Crippen LogP contribution >= 0.6 is 0 Å². The Kier molecular flexibility index (Phi) is 5.19. The van der Waals surface area contributed by atoms with E-state index < -0.39 is 69.8 Å². The van der Waals surface area contributed by atoms with E-state index in [2.05, 4.69) is 5.32 Å². The van der Waals surface area contributed by atoms with Crippen molar-refractivity contribution in [1.82, 2.24) is 14.8 Å². The van der Waals surface area contributed by atoms with Gasteiger partial charge in [0.15, 0.2) is 11.4 Å². The second-order valence-electron chi connectivity index (χ2n) is 8.99. The van der Waals surface area contributed by atoms with Gasteiger partial charge < -0.3 is 24.6 Å². The third-order valence-electron chi connectivity index (χ3n) is 7.07. The summed E-state index contributed by atoms with van der Waals surface area (Å²) in [6, 6.07) is 0.968. The maximum Gasteiger partial charge on any atom is 0.274 e. The molecule has 1 aromatic carbocycles. The van der Waals surface area contributed by atoms with Crippen LogP contribution in [-0.2, 0) is 16.8 Å². The van der Waals surface area contributed by atoms with Gasteiger partial charge in [-0.05, 0) is 19.3 Å². The number of hydrogen-bond donors (Lipinski definition) is 2. The van der Waals surface area contributed by atoms with E-state index >= 15 is 0 Å². The van der Waals surface area contributed by atoms with Crippen molar-refractivity contribution in [2.45, 2.75) is 43.9 Å². The molecular weight excluding hydrogens is 455 g/mol. The molecule has 2 bridgehead atoms. The maximum absolute atomic E-state index is 14.0. The number of amides is 2. The molecule has 0 radical (unpaired) electrons. The summed E-state index contributed by atoms with van der Waals surface area (Å²) >= 11 is 0. The molecule has 11 heteroatoms. The molecule has 5 rings (SSSR count). The van der Waals surface area contributed by atoms with Crippen molar-refractivity contribution in [3.05, 3.63) is 62.3 Å². The Bertz CT molecular complexity index is 1270. The Labute approximate surface area is 191 Å². The van der Waals surface area contributed by atoms with Crippen LogP contribution in [0.3, 0.4) is 0 Å². The minimum atomic E-state index is -1.19. The predicted molar refractivity (Wildman–Crippen MR) is 112 cm³/mol. The molecule has 8 nitrogen and oxygen atoms in total. The summed E-state index contributed by atoms with van der Waals surface area (Å²) in [5, 5.41) is 13.0. The zero-order valence-electron chi connectivity index (χ0n) is 18.3. The number of aromatic nitrogens is 1. The van der Waals surface area contributed by atoms with Crippen molar-refractivity contribution in [3.8, 4) is 5.75 Å². The topological polar surface area (TPSA) is 101 Å². The zero-order valence-corrected chi connectivity index (χ0v) is 18.3.